The maximum Gasteiger partial charge on any atom is 0.224 e. The molecule has 2 aliphatic rings. The molecule has 0 spiro atoms. The van der Waals surface area contributed by atoms with E-state index < -0.39 is 0 Å². The van der Waals surface area contributed by atoms with Crippen molar-refractivity contribution in [3.63, 3.8) is 0 Å². The quantitative estimate of drug-likeness (QED) is 0.815. The van der Waals surface area contributed by atoms with Gasteiger partial charge in [-0.2, -0.15) is 0 Å². The second kappa shape index (κ2) is 8.27. The number of rotatable bonds is 6. The van der Waals surface area contributed by atoms with Crippen LogP contribution in [0.3, 0.4) is 0 Å². The lowest BCUT2D eigenvalue weighted by Gasteiger charge is -2.36. The van der Waals surface area contributed by atoms with E-state index in [4.69, 9.17) is 0 Å². The van der Waals surface area contributed by atoms with Gasteiger partial charge in [0.25, 0.3) is 0 Å². The molecule has 0 bridgehead atoms. The van der Waals surface area contributed by atoms with E-state index >= 15 is 0 Å². The Bertz CT molecular complexity index is 555. The van der Waals surface area contributed by atoms with Crippen molar-refractivity contribution in [1.29, 1.82) is 0 Å². The zero-order valence-corrected chi connectivity index (χ0v) is 14.2. The highest BCUT2D eigenvalue weighted by molar-refractivity contribution is 5.84. The highest BCUT2D eigenvalue weighted by Gasteiger charge is 2.34. The Hall–Kier alpha value is -1.91. The molecule has 1 saturated heterocycles. The number of aryl methyl sites for hydroxylation is 1. The van der Waals surface area contributed by atoms with Gasteiger partial charge >= 0.3 is 0 Å². The summed E-state index contributed by atoms with van der Waals surface area (Å²) in [5.74, 6) is 0.297. The van der Waals surface area contributed by atoms with Gasteiger partial charge in [0.05, 0.1) is 5.92 Å². The van der Waals surface area contributed by atoms with Crippen molar-refractivity contribution in [2.24, 2.45) is 5.92 Å². The van der Waals surface area contributed by atoms with Crippen molar-refractivity contribution in [2.75, 3.05) is 13.1 Å². The third kappa shape index (κ3) is 4.34. The fourth-order valence-corrected chi connectivity index (χ4v) is 3.83. The summed E-state index contributed by atoms with van der Waals surface area (Å²) in [5.41, 5.74) is 1.06. The van der Waals surface area contributed by atoms with Gasteiger partial charge in [0.1, 0.15) is 0 Å². The number of aromatic nitrogens is 1. The first-order chi connectivity index (χ1) is 11.7. The van der Waals surface area contributed by atoms with Gasteiger partial charge < -0.3 is 10.2 Å². The monoisotopic (exact) mass is 329 g/mol. The molecular formula is C19H27N3O2. The van der Waals surface area contributed by atoms with Gasteiger partial charge in [-0.25, -0.2) is 0 Å². The number of nitrogens with zero attached hydrogens (tertiary/aromatic N) is 2. The summed E-state index contributed by atoms with van der Waals surface area (Å²) in [6.45, 7) is 1.28. The molecule has 2 fully saturated rings. The second-order valence-corrected chi connectivity index (χ2v) is 6.94. The Morgan fingerprint density at radius 1 is 1.25 bits per heavy atom. The highest BCUT2D eigenvalue weighted by Crippen LogP contribution is 2.28. The van der Waals surface area contributed by atoms with Gasteiger partial charge in [0.2, 0.25) is 11.8 Å². The standard InChI is InChI=1S/C19H27N3O2/c23-18-11-10-15(14-22(18)17-8-1-2-9-17)19(24)21-13-5-7-16-6-3-4-12-20-16/h3-4,6,12,15,17H,1-2,5,7-11,13-14H2,(H,21,24). The molecule has 0 radical (unpaired) electrons. The fourth-order valence-electron chi connectivity index (χ4n) is 3.83. The van der Waals surface area contributed by atoms with Crippen LogP contribution in [0.4, 0.5) is 0 Å². The molecule has 24 heavy (non-hydrogen) atoms. The van der Waals surface area contributed by atoms with Crippen molar-refractivity contribution in [1.82, 2.24) is 15.2 Å². The van der Waals surface area contributed by atoms with Crippen LogP contribution in [0.2, 0.25) is 0 Å². The molecule has 3 rings (SSSR count). The number of nitrogens with one attached hydrogen (secondary N) is 1. The summed E-state index contributed by atoms with van der Waals surface area (Å²) in [7, 11) is 0. The lowest BCUT2D eigenvalue weighted by atomic mass is 9.95. The van der Waals surface area contributed by atoms with Gasteiger partial charge in [-0.1, -0.05) is 18.9 Å². The second-order valence-electron chi connectivity index (χ2n) is 6.94. The summed E-state index contributed by atoms with van der Waals surface area (Å²) in [6, 6.07) is 6.27. The highest BCUT2D eigenvalue weighted by atomic mass is 16.2. The molecule has 2 heterocycles. The Kier molecular flexibility index (Phi) is 5.83. The number of likely N-dealkylation sites (tertiary alicyclic amines) is 1. The Labute approximate surface area is 143 Å². The average Bonchev–Trinajstić information content (AvgIpc) is 3.14. The molecule has 1 aliphatic carbocycles. The number of carbonyl (C=O) groups is 2. The summed E-state index contributed by atoms with van der Waals surface area (Å²) in [5, 5.41) is 3.04. The van der Waals surface area contributed by atoms with Gasteiger partial charge in [-0.3, -0.25) is 14.6 Å². The summed E-state index contributed by atoms with van der Waals surface area (Å²) < 4.78 is 0. The van der Waals surface area contributed by atoms with E-state index in [1.807, 2.05) is 23.1 Å². The summed E-state index contributed by atoms with van der Waals surface area (Å²) in [6.07, 6.45) is 9.38. The first kappa shape index (κ1) is 16.9. The SMILES string of the molecule is O=C(NCCCc1ccccn1)C1CCC(=O)N(C2CCCC2)C1. The van der Waals surface area contributed by atoms with Crippen molar-refractivity contribution in [3.8, 4) is 0 Å². The fraction of sp³-hybridized carbons (Fsp3) is 0.632. The molecular weight excluding hydrogens is 302 g/mol. The lowest BCUT2D eigenvalue weighted by molar-refractivity contribution is -0.140. The molecule has 0 aromatic carbocycles. The van der Waals surface area contributed by atoms with Crippen molar-refractivity contribution < 1.29 is 9.59 Å². The molecule has 5 heteroatoms. The maximum absolute atomic E-state index is 12.4. The number of hydrogen-bond acceptors (Lipinski definition) is 3. The van der Waals surface area contributed by atoms with E-state index in [9.17, 15) is 9.59 Å². The van der Waals surface area contributed by atoms with Crippen LogP contribution < -0.4 is 5.32 Å². The number of carbonyl (C=O) groups excluding carboxylic acids is 2. The predicted molar refractivity (Wildman–Crippen MR) is 92.3 cm³/mol. The zero-order valence-electron chi connectivity index (χ0n) is 14.2. The van der Waals surface area contributed by atoms with E-state index in [0.717, 1.165) is 31.4 Å². The van der Waals surface area contributed by atoms with Crippen LogP contribution in [0.1, 0.15) is 50.6 Å². The Morgan fingerprint density at radius 3 is 2.83 bits per heavy atom. The number of piperidine rings is 1. The third-order valence-electron chi connectivity index (χ3n) is 5.22. The van der Waals surface area contributed by atoms with Crippen LogP contribution in [0.5, 0.6) is 0 Å². The minimum atomic E-state index is -0.0434. The van der Waals surface area contributed by atoms with Gasteiger partial charge in [-0.15, -0.1) is 0 Å². The molecule has 1 unspecified atom stereocenters. The molecule has 1 atom stereocenters. The lowest BCUT2D eigenvalue weighted by Crippen LogP contribution is -2.49. The molecule has 1 aliphatic heterocycles. The zero-order chi connectivity index (χ0) is 16.8. The molecule has 1 N–H and O–H groups in total. The predicted octanol–water partition coefficient (Wildman–Crippen LogP) is 2.31. The number of pyridine rings is 1. The maximum atomic E-state index is 12.4. The van der Waals surface area contributed by atoms with Crippen molar-refractivity contribution in [3.05, 3.63) is 30.1 Å². The first-order valence-electron chi connectivity index (χ1n) is 9.21. The van der Waals surface area contributed by atoms with Crippen LogP contribution in [-0.2, 0) is 16.0 Å². The minimum Gasteiger partial charge on any atom is -0.356 e. The van der Waals surface area contributed by atoms with Gasteiger partial charge in [-0.05, 0) is 44.2 Å². The topological polar surface area (TPSA) is 62.3 Å². The van der Waals surface area contributed by atoms with E-state index in [1.165, 1.54) is 12.8 Å². The smallest absolute Gasteiger partial charge is 0.224 e. The van der Waals surface area contributed by atoms with E-state index in [0.29, 0.717) is 32.0 Å². The Morgan fingerprint density at radius 2 is 2.08 bits per heavy atom. The molecule has 1 aromatic rings. The van der Waals surface area contributed by atoms with E-state index in [2.05, 4.69) is 10.3 Å². The van der Waals surface area contributed by atoms with E-state index in [1.54, 1.807) is 6.20 Å². The molecule has 1 saturated carbocycles. The molecule has 1 aromatic heterocycles. The third-order valence-corrected chi connectivity index (χ3v) is 5.22. The van der Waals surface area contributed by atoms with Crippen molar-refractivity contribution >= 4 is 11.8 Å². The summed E-state index contributed by atoms with van der Waals surface area (Å²) in [4.78, 5) is 30.8. The van der Waals surface area contributed by atoms with Crippen molar-refractivity contribution in [2.45, 2.75) is 57.4 Å². The summed E-state index contributed by atoms with van der Waals surface area (Å²) >= 11 is 0. The van der Waals surface area contributed by atoms with Gasteiger partial charge in [0.15, 0.2) is 0 Å². The Balaban J connectivity index is 1.42. The van der Waals surface area contributed by atoms with Crippen LogP contribution in [0.15, 0.2) is 24.4 Å². The van der Waals surface area contributed by atoms with Crippen LogP contribution in [-0.4, -0.2) is 40.8 Å². The molecule has 130 valence electrons. The van der Waals surface area contributed by atoms with Crippen LogP contribution in [0.25, 0.3) is 0 Å². The minimum absolute atomic E-state index is 0.0434. The number of hydrogen-bond donors (Lipinski definition) is 1. The number of amides is 2. The molecule has 5 nitrogen and oxygen atoms in total. The van der Waals surface area contributed by atoms with E-state index in [-0.39, 0.29) is 17.7 Å². The van der Waals surface area contributed by atoms with Crippen LogP contribution >= 0.6 is 0 Å². The normalized spacial score (nSPS) is 21.9. The van der Waals surface area contributed by atoms with Gasteiger partial charge in [0, 0.05) is 37.4 Å². The molecule has 2 amide bonds. The average molecular weight is 329 g/mol. The van der Waals surface area contributed by atoms with Crippen LogP contribution in [0, 0.1) is 5.92 Å². The first-order valence-corrected chi connectivity index (χ1v) is 9.21. The largest absolute Gasteiger partial charge is 0.356 e.